The SMILES string of the molecule is CC(N)Cc1c(F)cccc1Sc1nnnn1C1CC1. The van der Waals surface area contributed by atoms with Crippen LogP contribution in [0.15, 0.2) is 28.3 Å². The molecule has 0 saturated heterocycles. The van der Waals surface area contributed by atoms with Gasteiger partial charge in [0.25, 0.3) is 0 Å². The lowest BCUT2D eigenvalue weighted by Crippen LogP contribution is -2.19. The maximum Gasteiger partial charge on any atom is 0.214 e. The fourth-order valence-corrected chi connectivity index (χ4v) is 3.06. The van der Waals surface area contributed by atoms with Gasteiger partial charge < -0.3 is 5.73 Å². The molecule has 20 heavy (non-hydrogen) atoms. The lowest BCUT2D eigenvalue weighted by molar-refractivity contribution is 0.564. The van der Waals surface area contributed by atoms with E-state index in [1.165, 1.54) is 17.8 Å². The molecule has 1 aliphatic carbocycles. The van der Waals surface area contributed by atoms with Crippen LogP contribution in [0.1, 0.15) is 31.4 Å². The summed E-state index contributed by atoms with van der Waals surface area (Å²) in [5.41, 5.74) is 6.44. The Morgan fingerprint density at radius 1 is 1.50 bits per heavy atom. The summed E-state index contributed by atoms with van der Waals surface area (Å²) < 4.78 is 15.8. The van der Waals surface area contributed by atoms with E-state index >= 15 is 0 Å². The maximum atomic E-state index is 14.0. The van der Waals surface area contributed by atoms with Gasteiger partial charge in [-0.2, -0.15) is 0 Å². The Bertz CT molecular complexity index is 609. The molecule has 0 bridgehead atoms. The van der Waals surface area contributed by atoms with E-state index in [2.05, 4.69) is 15.5 Å². The number of tetrazole rings is 1. The van der Waals surface area contributed by atoms with Gasteiger partial charge in [0, 0.05) is 16.5 Å². The van der Waals surface area contributed by atoms with Crippen molar-refractivity contribution in [1.82, 2.24) is 20.2 Å². The average Bonchev–Trinajstić information content (AvgIpc) is 3.14. The second-order valence-electron chi connectivity index (χ2n) is 5.14. The fourth-order valence-electron chi connectivity index (χ4n) is 2.05. The van der Waals surface area contributed by atoms with Crippen molar-refractivity contribution in [2.75, 3.05) is 0 Å². The first-order chi connectivity index (χ1) is 9.65. The number of hydrogen-bond donors (Lipinski definition) is 1. The van der Waals surface area contributed by atoms with E-state index in [0.717, 1.165) is 17.7 Å². The molecule has 0 aliphatic heterocycles. The third-order valence-corrected chi connectivity index (χ3v) is 4.21. The highest BCUT2D eigenvalue weighted by Gasteiger charge is 2.28. The monoisotopic (exact) mass is 293 g/mol. The van der Waals surface area contributed by atoms with Crippen LogP contribution in [-0.2, 0) is 6.42 Å². The van der Waals surface area contributed by atoms with Crippen molar-refractivity contribution >= 4 is 11.8 Å². The normalized spacial score (nSPS) is 16.4. The average molecular weight is 293 g/mol. The van der Waals surface area contributed by atoms with Crippen molar-refractivity contribution in [2.24, 2.45) is 5.73 Å². The van der Waals surface area contributed by atoms with Gasteiger partial charge in [0.2, 0.25) is 5.16 Å². The summed E-state index contributed by atoms with van der Waals surface area (Å²) in [5.74, 6) is -0.224. The summed E-state index contributed by atoms with van der Waals surface area (Å²) in [7, 11) is 0. The molecular weight excluding hydrogens is 277 g/mol. The molecule has 1 aliphatic rings. The first-order valence-electron chi connectivity index (χ1n) is 6.64. The molecule has 106 valence electrons. The second kappa shape index (κ2) is 5.49. The van der Waals surface area contributed by atoms with E-state index in [4.69, 9.17) is 5.73 Å². The molecule has 1 fully saturated rings. The zero-order valence-electron chi connectivity index (χ0n) is 11.2. The van der Waals surface area contributed by atoms with Crippen LogP contribution in [0.5, 0.6) is 0 Å². The Kier molecular flexibility index (Phi) is 3.71. The Hall–Kier alpha value is -1.47. The van der Waals surface area contributed by atoms with Gasteiger partial charge in [-0.15, -0.1) is 5.10 Å². The van der Waals surface area contributed by atoms with Crippen LogP contribution in [0.4, 0.5) is 4.39 Å². The third-order valence-electron chi connectivity index (χ3n) is 3.16. The molecule has 1 saturated carbocycles. The minimum atomic E-state index is -0.224. The minimum absolute atomic E-state index is 0.0920. The highest BCUT2D eigenvalue weighted by molar-refractivity contribution is 7.99. The fraction of sp³-hybridized carbons (Fsp3) is 0.462. The number of aromatic nitrogens is 4. The molecule has 0 amide bonds. The van der Waals surface area contributed by atoms with Crippen LogP contribution < -0.4 is 5.73 Å². The molecule has 5 nitrogen and oxygen atoms in total. The maximum absolute atomic E-state index is 14.0. The molecule has 0 spiro atoms. The number of benzene rings is 1. The van der Waals surface area contributed by atoms with E-state index in [-0.39, 0.29) is 11.9 Å². The number of nitrogens with zero attached hydrogens (tertiary/aromatic N) is 4. The van der Waals surface area contributed by atoms with Gasteiger partial charge in [0.1, 0.15) is 5.82 Å². The smallest absolute Gasteiger partial charge is 0.214 e. The largest absolute Gasteiger partial charge is 0.328 e. The molecule has 0 radical (unpaired) electrons. The first-order valence-corrected chi connectivity index (χ1v) is 7.45. The van der Waals surface area contributed by atoms with Gasteiger partial charge in [0.15, 0.2) is 0 Å². The third kappa shape index (κ3) is 2.83. The van der Waals surface area contributed by atoms with Crippen LogP contribution in [0.3, 0.4) is 0 Å². The van der Waals surface area contributed by atoms with Gasteiger partial charge in [-0.25, -0.2) is 9.07 Å². The second-order valence-corrected chi connectivity index (χ2v) is 6.15. The topological polar surface area (TPSA) is 69.6 Å². The van der Waals surface area contributed by atoms with Crippen molar-refractivity contribution in [3.8, 4) is 0 Å². The zero-order chi connectivity index (χ0) is 14.1. The minimum Gasteiger partial charge on any atom is -0.328 e. The van der Waals surface area contributed by atoms with Crippen LogP contribution in [0.2, 0.25) is 0 Å². The molecule has 1 aromatic heterocycles. The van der Waals surface area contributed by atoms with Crippen LogP contribution in [0, 0.1) is 5.82 Å². The van der Waals surface area contributed by atoms with Gasteiger partial charge in [0.05, 0.1) is 6.04 Å². The molecule has 2 N–H and O–H groups in total. The summed E-state index contributed by atoms with van der Waals surface area (Å²) in [6, 6.07) is 5.36. The number of halogens is 1. The standard InChI is InChI=1S/C13H16FN5S/c1-8(15)7-10-11(14)3-2-4-12(10)20-13-16-17-18-19(13)9-5-6-9/h2-4,8-9H,5-7,15H2,1H3. The van der Waals surface area contributed by atoms with Crippen LogP contribution >= 0.6 is 11.8 Å². The molecule has 1 heterocycles. The van der Waals surface area contributed by atoms with Gasteiger partial charge in [-0.1, -0.05) is 6.07 Å². The summed E-state index contributed by atoms with van der Waals surface area (Å²) in [4.78, 5) is 0.832. The van der Waals surface area contributed by atoms with Gasteiger partial charge >= 0.3 is 0 Å². The van der Waals surface area contributed by atoms with Gasteiger partial charge in [-0.3, -0.25) is 0 Å². The van der Waals surface area contributed by atoms with Crippen LogP contribution in [0.25, 0.3) is 0 Å². The van der Waals surface area contributed by atoms with Gasteiger partial charge in [-0.05, 0) is 60.5 Å². The van der Waals surface area contributed by atoms with E-state index in [1.807, 2.05) is 17.7 Å². The Balaban J connectivity index is 1.89. The molecule has 1 atom stereocenters. The Morgan fingerprint density at radius 3 is 3.00 bits per heavy atom. The van der Waals surface area contributed by atoms with E-state index in [1.54, 1.807) is 6.07 Å². The number of nitrogens with two attached hydrogens (primary N) is 1. The first kappa shape index (κ1) is 13.5. The highest BCUT2D eigenvalue weighted by atomic mass is 32.2. The predicted molar refractivity (Wildman–Crippen MR) is 74.0 cm³/mol. The molecule has 1 unspecified atom stereocenters. The van der Waals surface area contributed by atoms with Crippen molar-refractivity contribution in [3.63, 3.8) is 0 Å². The molecular formula is C13H16FN5S. The van der Waals surface area contributed by atoms with Crippen molar-refractivity contribution in [3.05, 3.63) is 29.6 Å². The predicted octanol–water partition coefficient (Wildman–Crippen LogP) is 2.19. The molecule has 2 aromatic rings. The molecule has 1 aromatic carbocycles. The van der Waals surface area contributed by atoms with E-state index < -0.39 is 0 Å². The summed E-state index contributed by atoms with van der Waals surface area (Å²) >= 11 is 1.40. The summed E-state index contributed by atoms with van der Waals surface area (Å²) in [5, 5.41) is 12.5. The molecule has 3 rings (SSSR count). The van der Waals surface area contributed by atoms with Crippen molar-refractivity contribution in [2.45, 2.75) is 48.3 Å². The lowest BCUT2D eigenvalue weighted by Gasteiger charge is -2.12. The summed E-state index contributed by atoms with van der Waals surface area (Å²) in [6.45, 7) is 1.87. The van der Waals surface area contributed by atoms with E-state index in [0.29, 0.717) is 23.2 Å². The van der Waals surface area contributed by atoms with E-state index in [9.17, 15) is 4.39 Å². The molecule has 7 heteroatoms. The van der Waals surface area contributed by atoms with Crippen LogP contribution in [-0.4, -0.2) is 26.2 Å². The Labute approximate surface area is 120 Å². The number of hydrogen-bond acceptors (Lipinski definition) is 5. The zero-order valence-corrected chi connectivity index (χ0v) is 12.0. The lowest BCUT2D eigenvalue weighted by atomic mass is 10.1. The quantitative estimate of drug-likeness (QED) is 0.915. The Morgan fingerprint density at radius 2 is 2.30 bits per heavy atom. The summed E-state index contributed by atoms with van der Waals surface area (Å²) in [6.07, 6.45) is 2.71. The van der Waals surface area contributed by atoms with Crippen molar-refractivity contribution < 1.29 is 4.39 Å². The van der Waals surface area contributed by atoms with Crippen molar-refractivity contribution in [1.29, 1.82) is 0 Å². The highest BCUT2D eigenvalue weighted by Crippen LogP contribution is 2.39. The number of rotatable bonds is 5.